The largest absolute Gasteiger partial charge is 0.335 e. The van der Waals surface area contributed by atoms with Crippen molar-refractivity contribution in [1.29, 1.82) is 0 Å². The fourth-order valence-electron chi connectivity index (χ4n) is 4.64. The second-order valence-electron chi connectivity index (χ2n) is 8.54. The molecule has 2 nitrogen and oxygen atoms in total. The van der Waals surface area contributed by atoms with Crippen LogP contribution in [0.3, 0.4) is 0 Å². The zero-order chi connectivity index (χ0) is 18.3. The molecule has 0 aliphatic heterocycles. The molecule has 0 aromatic heterocycles. The van der Waals surface area contributed by atoms with Crippen LogP contribution in [0.5, 0.6) is 0 Å². The maximum atomic E-state index is 13.4. The van der Waals surface area contributed by atoms with Crippen molar-refractivity contribution in [3.05, 3.63) is 60.2 Å². The molecule has 0 N–H and O–H groups in total. The predicted octanol–water partition coefficient (Wildman–Crippen LogP) is 5.54. The predicted molar refractivity (Wildman–Crippen MR) is 108 cm³/mol. The first kappa shape index (κ1) is 17.3. The summed E-state index contributed by atoms with van der Waals surface area (Å²) in [6.45, 7) is 7.52. The quantitative estimate of drug-likeness (QED) is 0.650. The van der Waals surface area contributed by atoms with Gasteiger partial charge in [0.25, 0.3) is 5.91 Å². The average molecular weight is 348 g/mol. The molecule has 2 heteroatoms. The van der Waals surface area contributed by atoms with Gasteiger partial charge in [0.2, 0.25) is 0 Å². The van der Waals surface area contributed by atoms with Gasteiger partial charge >= 0.3 is 0 Å². The Morgan fingerprint density at radius 3 is 2.46 bits per heavy atom. The molecule has 1 saturated carbocycles. The van der Waals surface area contributed by atoms with Crippen molar-refractivity contribution < 1.29 is 4.79 Å². The summed E-state index contributed by atoms with van der Waals surface area (Å²) < 4.78 is 0. The summed E-state index contributed by atoms with van der Waals surface area (Å²) in [5, 5.41) is 2.32. The lowest BCUT2D eigenvalue weighted by atomic mass is 9.91. The van der Waals surface area contributed by atoms with Gasteiger partial charge in [0.05, 0.1) is 0 Å². The molecular weight excluding hydrogens is 318 g/mol. The van der Waals surface area contributed by atoms with E-state index < -0.39 is 0 Å². The van der Waals surface area contributed by atoms with Crippen molar-refractivity contribution in [2.75, 3.05) is 6.54 Å². The third kappa shape index (κ3) is 3.18. The zero-order valence-corrected chi connectivity index (χ0v) is 16.1. The lowest BCUT2D eigenvalue weighted by Crippen LogP contribution is -2.44. The van der Waals surface area contributed by atoms with Crippen molar-refractivity contribution in [3.8, 4) is 0 Å². The number of hydrogen-bond acceptors (Lipinski definition) is 1. The van der Waals surface area contributed by atoms with Crippen molar-refractivity contribution in [3.63, 3.8) is 0 Å². The third-order valence-electron chi connectivity index (χ3n) is 6.56. The number of amides is 1. The Labute approximate surface area is 156 Å². The Morgan fingerprint density at radius 2 is 1.81 bits per heavy atom. The number of rotatable bonds is 5. The van der Waals surface area contributed by atoms with Crippen LogP contribution in [0.4, 0.5) is 0 Å². The number of allylic oxidation sites excluding steroid dienone is 2. The van der Waals surface area contributed by atoms with E-state index in [9.17, 15) is 4.79 Å². The van der Waals surface area contributed by atoms with Crippen LogP contribution in [-0.2, 0) is 0 Å². The van der Waals surface area contributed by atoms with Gasteiger partial charge in [0, 0.05) is 18.2 Å². The smallest absolute Gasteiger partial charge is 0.254 e. The van der Waals surface area contributed by atoms with Gasteiger partial charge in [0.15, 0.2) is 0 Å². The summed E-state index contributed by atoms with van der Waals surface area (Å²) in [6, 6.07) is 14.6. The van der Waals surface area contributed by atoms with Crippen molar-refractivity contribution >= 4 is 16.7 Å². The summed E-state index contributed by atoms with van der Waals surface area (Å²) in [5.74, 6) is 2.68. The van der Waals surface area contributed by atoms with E-state index in [-0.39, 0.29) is 11.9 Å². The summed E-state index contributed by atoms with van der Waals surface area (Å²) in [5.41, 5.74) is 0.815. The fraction of sp³-hybridized carbons (Fsp3) is 0.458. The molecule has 2 aliphatic rings. The van der Waals surface area contributed by atoms with Gasteiger partial charge in [-0.3, -0.25) is 4.79 Å². The molecule has 2 aliphatic carbocycles. The van der Waals surface area contributed by atoms with Crippen molar-refractivity contribution in [2.24, 2.45) is 23.7 Å². The van der Waals surface area contributed by atoms with Crippen molar-refractivity contribution in [1.82, 2.24) is 4.90 Å². The molecule has 2 aromatic carbocycles. The number of hydrogen-bond donors (Lipinski definition) is 0. The van der Waals surface area contributed by atoms with Gasteiger partial charge in [-0.1, -0.05) is 56.3 Å². The first-order chi connectivity index (χ1) is 12.5. The van der Waals surface area contributed by atoms with Crippen LogP contribution in [-0.4, -0.2) is 23.4 Å². The summed E-state index contributed by atoms with van der Waals surface area (Å²) >= 11 is 0. The molecule has 1 fully saturated rings. The van der Waals surface area contributed by atoms with Crippen LogP contribution in [0.2, 0.25) is 0 Å². The van der Waals surface area contributed by atoms with Gasteiger partial charge < -0.3 is 4.90 Å². The molecule has 26 heavy (non-hydrogen) atoms. The number of carbonyl (C=O) groups is 1. The summed E-state index contributed by atoms with van der Waals surface area (Å²) in [6.07, 6.45) is 7.30. The van der Waals surface area contributed by atoms with Crippen LogP contribution in [0.1, 0.15) is 44.0 Å². The molecule has 0 radical (unpaired) electrons. The van der Waals surface area contributed by atoms with Gasteiger partial charge in [-0.15, -0.1) is 0 Å². The lowest BCUT2D eigenvalue weighted by molar-refractivity contribution is 0.0594. The molecule has 2 bridgehead atoms. The molecule has 2 aromatic rings. The second-order valence-corrected chi connectivity index (χ2v) is 8.54. The van der Waals surface area contributed by atoms with E-state index in [4.69, 9.17) is 0 Å². The van der Waals surface area contributed by atoms with Gasteiger partial charge in [-0.05, 0) is 66.3 Å². The van der Waals surface area contributed by atoms with Crippen LogP contribution < -0.4 is 0 Å². The average Bonchev–Trinajstić information content (AvgIpc) is 3.27. The lowest BCUT2D eigenvalue weighted by Gasteiger charge is -2.35. The van der Waals surface area contributed by atoms with Crippen LogP contribution >= 0.6 is 0 Å². The first-order valence-electron chi connectivity index (χ1n) is 10.0. The number of benzene rings is 2. The first-order valence-corrected chi connectivity index (χ1v) is 10.0. The molecule has 0 saturated heterocycles. The van der Waals surface area contributed by atoms with E-state index in [1.807, 2.05) is 18.2 Å². The highest BCUT2D eigenvalue weighted by Crippen LogP contribution is 2.44. The number of carbonyl (C=O) groups excluding carboxylic acids is 1. The van der Waals surface area contributed by atoms with E-state index in [1.54, 1.807) is 0 Å². The van der Waals surface area contributed by atoms with Gasteiger partial charge in [0.1, 0.15) is 0 Å². The number of nitrogens with zero attached hydrogens (tertiary/aromatic N) is 1. The van der Waals surface area contributed by atoms with E-state index >= 15 is 0 Å². The van der Waals surface area contributed by atoms with E-state index in [0.717, 1.165) is 23.4 Å². The normalized spacial score (nSPS) is 25.2. The Kier molecular flexibility index (Phi) is 4.60. The van der Waals surface area contributed by atoms with Crippen LogP contribution in [0.15, 0.2) is 54.6 Å². The van der Waals surface area contributed by atoms with Gasteiger partial charge in [-0.2, -0.15) is 0 Å². The molecule has 1 amide bonds. The highest BCUT2D eigenvalue weighted by molar-refractivity contribution is 5.98. The standard InChI is InChI=1S/C24H29NO/c1-16(2)17(3)25(15-23-13-18-8-9-21(23)12-18)24(26)22-11-10-19-6-4-5-7-20(19)14-22/h4-11,14,16-18,21,23H,12-13,15H2,1-3H3. The molecular formula is C24H29NO. The second kappa shape index (κ2) is 6.90. The minimum Gasteiger partial charge on any atom is -0.335 e. The van der Waals surface area contributed by atoms with E-state index in [1.165, 1.54) is 18.2 Å². The number of fused-ring (bicyclic) bond motifs is 3. The maximum absolute atomic E-state index is 13.4. The monoisotopic (exact) mass is 347 g/mol. The molecule has 4 atom stereocenters. The van der Waals surface area contributed by atoms with Gasteiger partial charge in [-0.25, -0.2) is 0 Å². The van der Waals surface area contributed by atoms with E-state index in [0.29, 0.717) is 17.8 Å². The Morgan fingerprint density at radius 1 is 1.04 bits per heavy atom. The highest BCUT2D eigenvalue weighted by atomic mass is 16.2. The molecule has 0 spiro atoms. The molecule has 136 valence electrons. The Bertz CT molecular complexity index is 837. The minimum atomic E-state index is 0.184. The molecule has 0 heterocycles. The van der Waals surface area contributed by atoms with Crippen molar-refractivity contribution in [2.45, 2.75) is 39.7 Å². The summed E-state index contributed by atoms with van der Waals surface area (Å²) in [4.78, 5) is 15.6. The molecule has 4 rings (SSSR count). The topological polar surface area (TPSA) is 20.3 Å². The fourth-order valence-corrected chi connectivity index (χ4v) is 4.64. The summed E-state index contributed by atoms with van der Waals surface area (Å²) in [7, 11) is 0. The SMILES string of the molecule is CC(C)C(C)N(CC1CC2C=CC1C2)C(=O)c1ccc2ccccc2c1. The zero-order valence-electron chi connectivity index (χ0n) is 16.1. The van der Waals surface area contributed by atoms with E-state index in [2.05, 4.69) is 62.1 Å². The molecule has 4 unspecified atom stereocenters. The Hall–Kier alpha value is -2.09. The van der Waals surface area contributed by atoms with Crippen LogP contribution in [0, 0.1) is 23.7 Å². The maximum Gasteiger partial charge on any atom is 0.254 e. The highest BCUT2D eigenvalue weighted by Gasteiger charge is 2.38. The van der Waals surface area contributed by atoms with Crippen LogP contribution in [0.25, 0.3) is 10.8 Å². The third-order valence-corrected chi connectivity index (χ3v) is 6.56. The minimum absolute atomic E-state index is 0.184. The Balaban J connectivity index is 1.61.